The van der Waals surface area contributed by atoms with Crippen LogP contribution in [-0.4, -0.2) is 19.5 Å². The fraction of sp³-hybridized carbons (Fsp3) is 0.842. The number of methoxy groups -OCH3 is 1. The minimum absolute atomic E-state index is 0.266. The Morgan fingerprint density at radius 3 is 2.05 bits per heavy atom. The molecule has 2 nitrogen and oxygen atoms in total. The van der Waals surface area contributed by atoms with Crippen LogP contribution >= 0.6 is 0 Å². The number of ether oxygens (including phenoxy) is 1. The van der Waals surface area contributed by atoms with E-state index < -0.39 is 0 Å². The molecule has 2 heteroatoms. The molecule has 0 bridgehead atoms. The summed E-state index contributed by atoms with van der Waals surface area (Å²) in [5.74, 6) is 0. The van der Waals surface area contributed by atoms with Gasteiger partial charge in [0.2, 0.25) is 0 Å². The van der Waals surface area contributed by atoms with Crippen LogP contribution < -0.4 is 0 Å². The molecule has 21 heavy (non-hydrogen) atoms. The molecule has 0 heterocycles. The van der Waals surface area contributed by atoms with Crippen LogP contribution in [0.3, 0.4) is 0 Å². The maximum atomic E-state index is 10.3. The van der Waals surface area contributed by atoms with E-state index in [4.69, 9.17) is 4.74 Å². The van der Waals surface area contributed by atoms with Crippen molar-refractivity contribution in [1.29, 1.82) is 0 Å². The molecule has 0 fully saturated rings. The Morgan fingerprint density at radius 1 is 0.810 bits per heavy atom. The second-order valence-electron chi connectivity index (χ2n) is 5.91. The standard InChI is InChI=1S/C19H36O2/c1-3-4-5-6-7-8-9-10-11-12-13-14-16-19(21-2)17-15-18-20/h10-11,18-19H,3-9,12-17H2,1-2H3. The molecule has 0 aromatic heterocycles. The van der Waals surface area contributed by atoms with Crippen molar-refractivity contribution in [3.8, 4) is 0 Å². The first-order valence-electron chi connectivity index (χ1n) is 8.96. The minimum atomic E-state index is 0.266. The van der Waals surface area contributed by atoms with Crippen molar-refractivity contribution in [2.45, 2.75) is 96.5 Å². The summed E-state index contributed by atoms with van der Waals surface area (Å²) < 4.78 is 5.38. The zero-order chi connectivity index (χ0) is 15.6. The van der Waals surface area contributed by atoms with Gasteiger partial charge in [0.25, 0.3) is 0 Å². The van der Waals surface area contributed by atoms with E-state index in [0.717, 1.165) is 19.1 Å². The summed E-state index contributed by atoms with van der Waals surface area (Å²) in [5.41, 5.74) is 0. The molecule has 0 aromatic rings. The van der Waals surface area contributed by atoms with E-state index in [0.29, 0.717) is 6.42 Å². The lowest BCUT2D eigenvalue weighted by atomic mass is 10.1. The third-order valence-electron chi connectivity index (χ3n) is 3.98. The SMILES string of the molecule is CCCCCCCCC=CCCCCC(CCC=O)OC. The number of hydrogen-bond acceptors (Lipinski definition) is 2. The van der Waals surface area contributed by atoms with Crippen LogP contribution in [0.2, 0.25) is 0 Å². The zero-order valence-corrected chi connectivity index (χ0v) is 14.3. The van der Waals surface area contributed by atoms with Gasteiger partial charge < -0.3 is 9.53 Å². The highest BCUT2D eigenvalue weighted by molar-refractivity contribution is 5.49. The molecule has 0 amide bonds. The second kappa shape index (κ2) is 17.4. The molecular formula is C19H36O2. The van der Waals surface area contributed by atoms with Gasteiger partial charge in [-0.2, -0.15) is 0 Å². The van der Waals surface area contributed by atoms with Gasteiger partial charge in [0.05, 0.1) is 6.10 Å². The summed E-state index contributed by atoms with van der Waals surface area (Å²) in [6, 6.07) is 0. The molecule has 124 valence electrons. The molecule has 1 atom stereocenters. The van der Waals surface area contributed by atoms with Crippen molar-refractivity contribution in [2.24, 2.45) is 0 Å². The Hall–Kier alpha value is -0.630. The van der Waals surface area contributed by atoms with Crippen LogP contribution in [0, 0.1) is 0 Å². The first-order chi connectivity index (χ1) is 10.3. The maximum absolute atomic E-state index is 10.3. The van der Waals surface area contributed by atoms with Gasteiger partial charge in [-0.15, -0.1) is 0 Å². The molecule has 0 saturated heterocycles. The van der Waals surface area contributed by atoms with E-state index in [1.807, 2.05) is 0 Å². The predicted molar refractivity (Wildman–Crippen MR) is 91.7 cm³/mol. The second-order valence-corrected chi connectivity index (χ2v) is 5.91. The van der Waals surface area contributed by atoms with Crippen molar-refractivity contribution in [1.82, 2.24) is 0 Å². The van der Waals surface area contributed by atoms with E-state index in [1.165, 1.54) is 64.2 Å². The lowest BCUT2D eigenvalue weighted by Crippen LogP contribution is -2.10. The van der Waals surface area contributed by atoms with Gasteiger partial charge in [0.15, 0.2) is 0 Å². The highest BCUT2D eigenvalue weighted by atomic mass is 16.5. The monoisotopic (exact) mass is 296 g/mol. The molecule has 0 spiro atoms. The fourth-order valence-electron chi connectivity index (χ4n) is 2.55. The van der Waals surface area contributed by atoms with Crippen LogP contribution in [-0.2, 0) is 9.53 Å². The summed E-state index contributed by atoms with van der Waals surface area (Å²) in [4.78, 5) is 10.3. The average molecular weight is 296 g/mol. The topological polar surface area (TPSA) is 26.3 Å². The highest BCUT2D eigenvalue weighted by Crippen LogP contribution is 2.12. The summed E-state index contributed by atoms with van der Waals surface area (Å²) >= 11 is 0. The molecule has 0 aliphatic carbocycles. The van der Waals surface area contributed by atoms with Crippen molar-refractivity contribution in [2.75, 3.05) is 7.11 Å². The number of carbonyl (C=O) groups is 1. The lowest BCUT2D eigenvalue weighted by molar-refractivity contribution is -0.108. The lowest BCUT2D eigenvalue weighted by Gasteiger charge is -2.12. The Balaban J connectivity index is 3.29. The van der Waals surface area contributed by atoms with Gasteiger partial charge in [-0.25, -0.2) is 0 Å². The van der Waals surface area contributed by atoms with Crippen LogP contribution in [0.1, 0.15) is 90.4 Å². The van der Waals surface area contributed by atoms with E-state index in [2.05, 4.69) is 19.1 Å². The van der Waals surface area contributed by atoms with E-state index in [1.54, 1.807) is 7.11 Å². The smallest absolute Gasteiger partial charge is 0.120 e. The van der Waals surface area contributed by atoms with E-state index in [9.17, 15) is 4.79 Å². The number of aldehydes is 1. The summed E-state index contributed by atoms with van der Waals surface area (Å²) in [7, 11) is 1.75. The Kier molecular flexibility index (Phi) is 16.9. The molecule has 0 N–H and O–H groups in total. The number of carbonyl (C=O) groups excluding carboxylic acids is 1. The Labute approximate surface area is 132 Å². The van der Waals surface area contributed by atoms with Crippen LogP contribution in [0.15, 0.2) is 12.2 Å². The van der Waals surface area contributed by atoms with Crippen LogP contribution in [0.4, 0.5) is 0 Å². The molecular weight excluding hydrogens is 260 g/mol. The van der Waals surface area contributed by atoms with E-state index >= 15 is 0 Å². The van der Waals surface area contributed by atoms with Gasteiger partial charge >= 0.3 is 0 Å². The summed E-state index contributed by atoms with van der Waals surface area (Å²) in [5, 5.41) is 0. The highest BCUT2D eigenvalue weighted by Gasteiger charge is 2.05. The summed E-state index contributed by atoms with van der Waals surface area (Å²) in [6.45, 7) is 2.26. The third-order valence-corrected chi connectivity index (χ3v) is 3.98. The number of allylic oxidation sites excluding steroid dienone is 2. The molecule has 0 aromatic carbocycles. The van der Waals surface area contributed by atoms with Gasteiger partial charge in [-0.1, -0.05) is 57.6 Å². The van der Waals surface area contributed by atoms with Crippen molar-refractivity contribution >= 4 is 6.29 Å². The molecule has 0 rings (SSSR count). The molecule has 0 radical (unpaired) electrons. The van der Waals surface area contributed by atoms with Crippen LogP contribution in [0.25, 0.3) is 0 Å². The van der Waals surface area contributed by atoms with Crippen LogP contribution in [0.5, 0.6) is 0 Å². The van der Waals surface area contributed by atoms with Crippen molar-refractivity contribution in [3.63, 3.8) is 0 Å². The maximum Gasteiger partial charge on any atom is 0.120 e. The number of rotatable bonds is 16. The largest absolute Gasteiger partial charge is 0.381 e. The van der Waals surface area contributed by atoms with Gasteiger partial charge in [0, 0.05) is 13.5 Å². The summed E-state index contributed by atoms with van der Waals surface area (Å²) in [6.07, 6.45) is 21.6. The number of hydrogen-bond donors (Lipinski definition) is 0. The zero-order valence-electron chi connectivity index (χ0n) is 14.3. The Morgan fingerprint density at radius 2 is 1.43 bits per heavy atom. The average Bonchev–Trinajstić information content (AvgIpc) is 2.51. The van der Waals surface area contributed by atoms with Gasteiger partial charge in [-0.3, -0.25) is 0 Å². The first kappa shape index (κ1) is 20.4. The van der Waals surface area contributed by atoms with E-state index in [-0.39, 0.29) is 6.10 Å². The van der Waals surface area contributed by atoms with Crippen molar-refractivity contribution < 1.29 is 9.53 Å². The molecule has 1 unspecified atom stereocenters. The minimum Gasteiger partial charge on any atom is -0.381 e. The van der Waals surface area contributed by atoms with Gasteiger partial charge in [0.1, 0.15) is 6.29 Å². The molecule has 0 saturated carbocycles. The van der Waals surface area contributed by atoms with Crippen molar-refractivity contribution in [3.05, 3.63) is 12.2 Å². The molecule has 0 aliphatic heterocycles. The number of unbranched alkanes of at least 4 members (excludes halogenated alkanes) is 8. The normalized spacial score (nSPS) is 12.9. The Bertz CT molecular complexity index is 236. The van der Waals surface area contributed by atoms with Gasteiger partial charge in [-0.05, 0) is 38.5 Å². The third kappa shape index (κ3) is 15.6. The first-order valence-corrected chi connectivity index (χ1v) is 8.96. The predicted octanol–water partition coefficient (Wildman–Crippen LogP) is 5.85. The quantitative estimate of drug-likeness (QED) is 0.203. The molecule has 0 aliphatic rings. The fourth-order valence-corrected chi connectivity index (χ4v) is 2.55.